The van der Waals surface area contributed by atoms with E-state index in [2.05, 4.69) is 10.2 Å². The molecule has 146 valence electrons. The van der Waals surface area contributed by atoms with Gasteiger partial charge in [0.25, 0.3) is 11.5 Å². The number of ether oxygens (including phenoxy) is 1. The highest BCUT2D eigenvalue weighted by atomic mass is 16.5. The Bertz CT molecular complexity index is 937. The summed E-state index contributed by atoms with van der Waals surface area (Å²) in [5.41, 5.74) is 1.51. The van der Waals surface area contributed by atoms with E-state index >= 15 is 0 Å². The summed E-state index contributed by atoms with van der Waals surface area (Å²) < 4.78 is 6.30. The van der Waals surface area contributed by atoms with E-state index < -0.39 is 18.5 Å². The first kappa shape index (κ1) is 19.5. The molecule has 1 amide bonds. The highest BCUT2D eigenvalue weighted by Gasteiger charge is 2.23. The number of benzene rings is 1. The van der Waals surface area contributed by atoms with E-state index in [0.29, 0.717) is 19.5 Å². The number of esters is 1. The number of rotatable bonds is 7. The summed E-state index contributed by atoms with van der Waals surface area (Å²) in [5, 5.41) is 9.64. The fourth-order valence-electron chi connectivity index (χ4n) is 2.77. The van der Waals surface area contributed by atoms with Gasteiger partial charge in [-0.3, -0.25) is 9.59 Å². The van der Waals surface area contributed by atoms with Gasteiger partial charge in [-0.05, 0) is 18.1 Å². The van der Waals surface area contributed by atoms with Gasteiger partial charge in [0.05, 0.1) is 12.3 Å². The average Bonchev–Trinajstić information content (AvgIpc) is 3.22. The molecule has 8 heteroatoms. The minimum absolute atomic E-state index is 0.00148. The van der Waals surface area contributed by atoms with E-state index in [-0.39, 0.29) is 11.3 Å². The van der Waals surface area contributed by atoms with E-state index in [0.717, 1.165) is 24.1 Å². The number of unbranched alkanes of at least 4 members (excludes halogenated alkanes) is 1. The summed E-state index contributed by atoms with van der Waals surface area (Å²) in [6.07, 6.45) is 2.33. The lowest BCUT2D eigenvalue weighted by Gasteiger charge is -2.11. The predicted octanol–water partition coefficient (Wildman–Crippen LogP) is 1.84. The van der Waals surface area contributed by atoms with Crippen molar-refractivity contribution in [1.82, 2.24) is 14.8 Å². The third-order valence-electron chi connectivity index (χ3n) is 4.32. The van der Waals surface area contributed by atoms with Gasteiger partial charge in [0.2, 0.25) is 0 Å². The number of hydrogen-bond acceptors (Lipinski definition) is 6. The highest BCUT2D eigenvalue weighted by molar-refractivity contribution is 6.02. The molecule has 0 bridgehead atoms. The van der Waals surface area contributed by atoms with Crippen LogP contribution in [0.3, 0.4) is 0 Å². The molecule has 0 saturated carbocycles. The summed E-state index contributed by atoms with van der Waals surface area (Å²) in [5.74, 6) is -1.15. The van der Waals surface area contributed by atoms with Crippen LogP contribution in [0.4, 0.5) is 0 Å². The van der Waals surface area contributed by atoms with Gasteiger partial charge in [-0.25, -0.2) is 14.5 Å². The monoisotopic (exact) mass is 382 g/mol. The van der Waals surface area contributed by atoms with Crippen molar-refractivity contribution in [1.29, 1.82) is 0 Å². The lowest BCUT2D eigenvalue weighted by molar-refractivity contribution is -0.134. The van der Waals surface area contributed by atoms with Gasteiger partial charge in [0, 0.05) is 19.0 Å². The number of hydrazone groups is 1. The fourth-order valence-corrected chi connectivity index (χ4v) is 2.77. The molecule has 3 rings (SSSR count). The Morgan fingerprint density at radius 3 is 2.68 bits per heavy atom. The number of aryl methyl sites for hydroxylation is 1. The molecule has 0 saturated heterocycles. The fraction of sp³-hybridized carbons (Fsp3) is 0.350. The molecular formula is C20H22N4O4. The maximum Gasteiger partial charge on any atom is 0.359 e. The molecule has 0 N–H and O–H groups in total. The van der Waals surface area contributed by atoms with Gasteiger partial charge in [0.15, 0.2) is 12.3 Å². The summed E-state index contributed by atoms with van der Waals surface area (Å²) >= 11 is 0. The van der Waals surface area contributed by atoms with Gasteiger partial charge in [-0.1, -0.05) is 43.7 Å². The second-order valence-electron chi connectivity index (χ2n) is 6.39. The molecule has 0 fully saturated rings. The molecule has 0 unspecified atom stereocenters. The van der Waals surface area contributed by atoms with Crippen molar-refractivity contribution in [3.05, 3.63) is 64.1 Å². The molecule has 0 spiro atoms. The molecule has 8 nitrogen and oxygen atoms in total. The van der Waals surface area contributed by atoms with Crippen molar-refractivity contribution < 1.29 is 14.3 Å². The van der Waals surface area contributed by atoms with Crippen LogP contribution in [0.1, 0.15) is 42.2 Å². The molecule has 0 atom stereocenters. The molecule has 1 aromatic heterocycles. The largest absolute Gasteiger partial charge is 0.451 e. The summed E-state index contributed by atoms with van der Waals surface area (Å²) in [6, 6.07) is 12.2. The number of aromatic nitrogens is 2. The van der Waals surface area contributed by atoms with Gasteiger partial charge >= 0.3 is 5.97 Å². The molecular weight excluding hydrogens is 360 g/mol. The molecule has 0 aliphatic carbocycles. The number of nitrogens with zero attached hydrogens (tertiary/aromatic N) is 4. The van der Waals surface area contributed by atoms with Crippen LogP contribution in [0.15, 0.2) is 52.4 Å². The number of carbonyl (C=O) groups excluding carboxylic acids is 2. The van der Waals surface area contributed by atoms with Crippen molar-refractivity contribution in [3.8, 4) is 0 Å². The van der Waals surface area contributed by atoms with Crippen LogP contribution in [-0.2, 0) is 16.1 Å². The molecule has 1 aliphatic heterocycles. The Balaban J connectivity index is 1.58. The summed E-state index contributed by atoms with van der Waals surface area (Å²) in [4.78, 5) is 36.2. The maximum atomic E-state index is 12.3. The number of amides is 1. The second kappa shape index (κ2) is 9.07. The zero-order chi connectivity index (χ0) is 19.9. The Morgan fingerprint density at radius 2 is 1.93 bits per heavy atom. The van der Waals surface area contributed by atoms with E-state index in [1.807, 2.05) is 37.3 Å². The molecule has 28 heavy (non-hydrogen) atoms. The summed E-state index contributed by atoms with van der Waals surface area (Å²) in [6.45, 7) is 2.44. The third kappa shape index (κ3) is 4.70. The van der Waals surface area contributed by atoms with Crippen molar-refractivity contribution in [2.24, 2.45) is 5.10 Å². The van der Waals surface area contributed by atoms with Gasteiger partial charge in [-0.2, -0.15) is 10.2 Å². The smallest absolute Gasteiger partial charge is 0.359 e. The predicted molar refractivity (Wildman–Crippen MR) is 103 cm³/mol. The lowest BCUT2D eigenvalue weighted by Crippen LogP contribution is -2.30. The van der Waals surface area contributed by atoms with E-state index in [1.165, 1.54) is 21.8 Å². The van der Waals surface area contributed by atoms with Crippen LogP contribution in [0, 0.1) is 0 Å². The van der Waals surface area contributed by atoms with Crippen molar-refractivity contribution in [3.63, 3.8) is 0 Å². The van der Waals surface area contributed by atoms with Crippen LogP contribution in [0.25, 0.3) is 0 Å². The van der Waals surface area contributed by atoms with Crippen LogP contribution in [-0.4, -0.2) is 45.5 Å². The lowest BCUT2D eigenvalue weighted by atomic mass is 10.1. The standard InChI is InChI=1S/C20H22N4O4/c1-2-3-12-23-18(25)10-9-17(22-23)20(27)28-14-19(26)24-13-11-16(21-24)15-7-5-4-6-8-15/h4-10H,2-3,11-14H2,1H3. The minimum atomic E-state index is -0.745. The first-order valence-electron chi connectivity index (χ1n) is 9.27. The molecule has 2 heterocycles. The topological polar surface area (TPSA) is 93.9 Å². The van der Waals surface area contributed by atoms with Crippen LogP contribution in [0.2, 0.25) is 0 Å². The van der Waals surface area contributed by atoms with Crippen molar-refractivity contribution >= 4 is 17.6 Å². The number of carbonyl (C=O) groups is 2. The normalized spacial score (nSPS) is 13.3. The van der Waals surface area contributed by atoms with E-state index in [4.69, 9.17) is 4.74 Å². The Kier molecular flexibility index (Phi) is 6.31. The van der Waals surface area contributed by atoms with E-state index in [9.17, 15) is 14.4 Å². The first-order chi connectivity index (χ1) is 13.6. The average molecular weight is 382 g/mol. The molecule has 0 radical (unpaired) electrons. The zero-order valence-electron chi connectivity index (χ0n) is 15.7. The van der Waals surface area contributed by atoms with Gasteiger partial charge in [0.1, 0.15) is 0 Å². The van der Waals surface area contributed by atoms with Gasteiger partial charge in [-0.15, -0.1) is 0 Å². The van der Waals surface area contributed by atoms with E-state index in [1.54, 1.807) is 0 Å². The summed E-state index contributed by atoms with van der Waals surface area (Å²) in [7, 11) is 0. The Morgan fingerprint density at radius 1 is 1.14 bits per heavy atom. The minimum Gasteiger partial charge on any atom is -0.451 e. The molecule has 2 aromatic rings. The van der Waals surface area contributed by atoms with Crippen LogP contribution >= 0.6 is 0 Å². The highest BCUT2D eigenvalue weighted by Crippen LogP contribution is 2.13. The number of hydrogen-bond donors (Lipinski definition) is 0. The Hall–Kier alpha value is -3.29. The zero-order valence-corrected chi connectivity index (χ0v) is 15.7. The molecule has 1 aliphatic rings. The Labute approximate surface area is 162 Å². The second-order valence-corrected chi connectivity index (χ2v) is 6.39. The quantitative estimate of drug-likeness (QED) is 0.681. The molecule has 1 aromatic carbocycles. The maximum absolute atomic E-state index is 12.3. The van der Waals surface area contributed by atoms with Crippen molar-refractivity contribution in [2.45, 2.75) is 32.7 Å². The first-order valence-corrected chi connectivity index (χ1v) is 9.27. The van der Waals surface area contributed by atoms with Crippen LogP contribution < -0.4 is 5.56 Å². The third-order valence-corrected chi connectivity index (χ3v) is 4.32. The SMILES string of the molecule is CCCCn1nc(C(=O)OCC(=O)N2CCC(c3ccccc3)=N2)ccc1=O. The van der Waals surface area contributed by atoms with Crippen LogP contribution in [0.5, 0.6) is 0 Å². The van der Waals surface area contributed by atoms with Crippen molar-refractivity contribution in [2.75, 3.05) is 13.2 Å². The van der Waals surface area contributed by atoms with Gasteiger partial charge < -0.3 is 4.74 Å².